The number of benzene rings is 3. The molecule has 0 aliphatic heterocycles. The van der Waals surface area contributed by atoms with Gasteiger partial charge in [0.25, 0.3) is 0 Å². The van der Waals surface area contributed by atoms with Crippen LogP contribution in [0.1, 0.15) is 11.1 Å². The first-order valence-electron chi connectivity index (χ1n) is 9.88. The molecule has 5 aromatic rings. The van der Waals surface area contributed by atoms with Crippen molar-refractivity contribution >= 4 is 27.0 Å². The average molecular weight is 454 g/mol. The molecule has 0 saturated heterocycles. The van der Waals surface area contributed by atoms with Crippen LogP contribution in [0.4, 0.5) is 0 Å². The molecule has 0 aliphatic carbocycles. The van der Waals surface area contributed by atoms with E-state index in [-0.39, 0.29) is 0 Å². The van der Waals surface area contributed by atoms with E-state index >= 15 is 0 Å². The summed E-state index contributed by atoms with van der Waals surface area (Å²) >= 11 is 3.54. The fourth-order valence-electron chi connectivity index (χ4n) is 3.69. The summed E-state index contributed by atoms with van der Waals surface area (Å²) in [6.07, 6.45) is 1.87. The molecule has 3 nitrogen and oxygen atoms in total. The van der Waals surface area contributed by atoms with Gasteiger partial charge in [-0.25, -0.2) is 9.67 Å². The van der Waals surface area contributed by atoms with Crippen molar-refractivity contribution in [3.63, 3.8) is 0 Å². The van der Waals surface area contributed by atoms with E-state index in [2.05, 4.69) is 109 Å². The molecule has 146 valence electrons. The zero-order chi connectivity index (χ0) is 20.7. The third kappa shape index (κ3) is 3.33. The summed E-state index contributed by atoms with van der Waals surface area (Å²) in [5, 5.41) is 6.10. The summed E-state index contributed by atoms with van der Waals surface area (Å²) in [6, 6.07) is 27.4. The van der Waals surface area contributed by atoms with E-state index in [9.17, 15) is 0 Å². The predicted molar refractivity (Wildman–Crippen MR) is 127 cm³/mol. The minimum Gasteiger partial charge on any atom is -0.236 e. The number of aromatic nitrogens is 3. The number of rotatable bonds is 3. The largest absolute Gasteiger partial charge is 0.236 e. The van der Waals surface area contributed by atoms with Crippen molar-refractivity contribution in [2.24, 2.45) is 0 Å². The normalized spacial score (nSPS) is 11.2. The molecule has 0 amide bonds. The minimum absolute atomic E-state index is 0.856. The van der Waals surface area contributed by atoms with Gasteiger partial charge >= 0.3 is 0 Å². The second-order valence-corrected chi connectivity index (χ2v) is 8.44. The van der Waals surface area contributed by atoms with Crippen LogP contribution < -0.4 is 0 Å². The van der Waals surface area contributed by atoms with Crippen LogP contribution >= 0.6 is 15.9 Å². The summed E-state index contributed by atoms with van der Waals surface area (Å²) in [5.74, 6) is 0. The maximum Gasteiger partial charge on any atom is 0.164 e. The molecule has 5 rings (SSSR count). The van der Waals surface area contributed by atoms with Crippen LogP contribution in [-0.4, -0.2) is 14.8 Å². The number of pyridine rings is 1. The lowest BCUT2D eigenvalue weighted by Crippen LogP contribution is -1.97. The lowest BCUT2D eigenvalue weighted by molar-refractivity contribution is 0.900. The Morgan fingerprint density at radius 3 is 1.97 bits per heavy atom. The Morgan fingerprint density at radius 1 is 0.700 bits per heavy atom. The first-order valence-corrected chi connectivity index (χ1v) is 10.7. The molecule has 0 aliphatic rings. The van der Waals surface area contributed by atoms with Crippen molar-refractivity contribution in [3.8, 4) is 28.1 Å². The Kier molecular flexibility index (Phi) is 4.72. The molecular weight excluding hydrogens is 434 g/mol. The zero-order valence-corrected chi connectivity index (χ0v) is 18.4. The molecule has 2 heterocycles. The molecule has 4 heteroatoms. The number of nitrogens with zero attached hydrogens (tertiary/aromatic N) is 3. The lowest BCUT2D eigenvalue weighted by atomic mass is 9.99. The van der Waals surface area contributed by atoms with E-state index in [1.54, 1.807) is 0 Å². The second-order valence-electron chi connectivity index (χ2n) is 7.53. The number of hydrogen-bond acceptors (Lipinski definition) is 2. The van der Waals surface area contributed by atoms with Crippen molar-refractivity contribution < 1.29 is 0 Å². The maximum atomic E-state index is 5.04. The third-order valence-electron chi connectivity index (χ3n) is 5.33. The Bertz CT molecular complexity index is 1330. The number of fused-ring (bicyclic) bond motifs is 1. The predicted octanol–water partition coefficient (Wildman–Crippen LogP) is 7.13. The average Bonchev–Trinajstić information content (AvgIpc) is 3.15. The van der Waals surface area contributed by atoms with E-state index in [4.69, 9.17) is 10.1 Å². The van der Waals surface area contributed by atoms with Gasteiger partial charge in [0.15, 0.2) is 5.65 Å². The van der Waals surface area contributed by atoms with Gasteiger partial charge in [0.2, 0.25) is 0 Å². The van der Waals surface area contributed by atoms with E-state index in [0.717, 1.165) is 43.6 Å². The molecule has 0 unspecified atom stereocenters. The van der Waals surface area contributed by atoms with Crippen LogP contribution in [0.15, 0.2) is 89.5 Å². The quantitative estimate of drug-likeness (QED) is 0.290. The summed E-state index contributed by atoms with van der Waals surface area (Å²) in [6.45, 7) is 4.19. The molecule has 30 heavy (non-hydrogen) atoms. The van der Waals surface area contributed by atoms with Crippen LogP contribution in [0, 0.1) is 13.8 Å². The zero-order valence-electron chi connectivity index (χ0n) is 16.8. The van der Waals surface area contributed by atoms with Crippen LogP contribution in [0.2, 0.25) is 0 Å². The van der Waals surface area contributed by atoms with Crippen LogP contribution in [0.25, 0.3) is 39.1 Å². The molecule has 0 N–H and O–H groups in total. The van der Waals surface area contributed by atoms with Crippen molar-refractivity contribution in [1.82, 2.24) is 14.8 Å². The summed E-state index contributed by atoms with van der Waals surface area (Å²) in [7, 11) is 0. The third-order valence-corrected chi connectivity index (χ3v) is 5.86. The summed E-state index contributed by atoms with van der Waals surface area (Å²) in [5.41, 5.74) is 8.60. The van der Waals surface area contributed by atoms with Gasteiger partial charge in [-0.2, -0.15) is 5.10 Å². The molecule has 0 radical (unpaired) electrons. The summed E-state index contributed by atoms with van der Waals surface area (Å²) in [4.78, 5) is 4.74. The molecule has 0 fully saturated rings. The smallest absolute Gasteiger partial charge is 0.164 e. The summed E-state index contributed by atoms with van der Waals surface area (Å²) < 4.78 is 3.01. The van der Waals surface area contributed by atoms with Crippen molar-refractivity contribution in [1.29, 1.82) is 0 Å². The standard InChI is InChI=1S/C26H20BrN3/c1-17-3-7-20(8-4-17)25-24-23(19-9-11-21(27)12-10-19)15-16-28-26(24)30(29-25)22-13-5-18(2)6-14-22/h3-16H,1-2H3. The first-order chi connectivity index (χ1) is 14.6. The minimum atomic E-state index is 0.856. The molecule has 0 atom stereocenters. The number of hydrogen-bond donors (Lipinski definition) is 0. The molecule has 0 bridgehead atoms. The molecule has 2 aromatic heterocycles. The van der Waals surface area contributed by atoms with Crippen molar-refractivity contribution in [3.05, 3.63) is 101 Å². The van der Waals surface area contributed by atoms with E-state index in [0.29, 0.717) is 0 Å². The van der Waals surface area contributed by atoms with E-state index < -0.39 is 0 Å². The second kappa shape index (κ2) is 7.54. The Morgan fingerprint density at radius 2 is 1.30 bits per heavy atom. The van der Waals surface area contributed by atoms with Gasteiger partial charge in [-0.15, -0.1) is 0 Å². The van der Waals surface area contributed by atoms with Gasteiger partial charge in [-0.1, -0.05) is 75.6 Å². The van der Waals surface area contributed by atoms with Crippen LogP contribution in [-0.2, 0) is 0 Å². The Hall–Kier alpha value is -3.24. The van der Waals surface area contributed by atoms with Crippen LogP contribution in [0.5, 0.6) is 0 Å². The fourth-order valence-corrected chi connectivity index (χ4v) is 3.96. The van der Waals surface area contributed by atoms with Crippen LogP contribution in [0.3, 0.4) is 0 Å². The van der Waals surface area contributed by atoms with Gasteiger partial charge in [0, 0.05) is 16.2 Å². The molecule has 0 saturated carbocycles. The number of aryl methyl sites for hydroxylation is 2. The van der Waals surface area contributed by atoms with E-state index in [1.165, 1.54) is 11.1 Å². The van der Waals surface area contributed by atoms with Gasteiger partial charge in [-0.3, -0.25) is 0 Å². The Balaban J connectivity index is 1.83. The highest BCUT2D eigenvalue weighted by atomic mass is 79.9. The van der Waals surface area contributed by atoms with Gasteiger partial charge < -0.3 is 0 Å². The van der Waals surface area contributed by atoms with E-state index in [1.807, 2.05) is 10.9 Å². The maximum absolute atomic E-state index is 5.04. The highest BCUT2D eigenvalue weighted by Crippen LogP contribution is 2.36. The SMILES string of the molecule is Cc1ccc(-c2nn(-c3ccc(C)cc3)c3nccc(-c4ccc(Br)cc4)c23)cc1. The molecular formula is C26H20BrN3. The molecule has 3 aromatic carbocycles. The van der Waals surface area contributed by atoms with Gasteiger partial charge in [-0.05, 0) is 55.3 Å². The monoisotopic (exact) mass is 453 g/mol. The van der Waals surface area contributed by atoms with Gasteiger partial charge in [0.1, 0.15) is 5.69 Å². The van der Waals surface area contributed by atoms with Gasteiger partial charge in [0.05, 0.1) is 11.1 Å². The Labute approximate surface area is 184 Å². The number of halogens is 1. The topological polar surface area (TPSA) is 30.7 Å². The lowest BCUT2D eigenvalue weighted by Gasteiger charge is -2.07. The molecule has 0 spiro atoms. The highest BCUT2D eigenvalue weighted by molar-refractivity contribution is 9.10. The first kappa shape index (κ1) is 18.8. The highest BCUT2D eigenvalue weighted by Gasteiger charge is 2.19. The van der Waals surface area contributed by atoms with Crippen molar-refractivity contribution in [2.75, 3.05) is 0 Å². The fraction of sp³-hybridized carbons (Fsp3) is 0.0769. The van der Waals surface area contributed by atoms with Crippen molar-refractivity contribution in [2.45, 2.75) is 13.8 Å².